The molecule has 5 nitrogen and oxygen atoms in total. The first kappa shape index (κ1) is 15.3. The molecule has 0 fully saturated rings. The molecule has 8 heteroatoms. The average Bonchev–Trinajstić information content (AvgIpc) is 2.39. The molecule has 1 heterocycles. The van der Waals surface area contributed by atoms with Crippen LogP contribution in [0.3, 0.4) is 0 Å². The van der Waals surface area contributed by atoms with Crippen LogP contribution in [0.25, 0.3) is 0 Å². The molecule has 0 amide bonds. The maximum Gasteiger partial charge on any atom is 0.341 e. The molecule has 1 aromatic carbocycles. The molecule has 0 aliphatic carbocycles. The summed E-state index contributed by atoms with van der Waals surface area (Å²) in [6, 6.07) is 2.09. The summed E-state index contributed by atoms with van der Waals surface area (Å²) in [5, 5.41) is 16.5. The monoisotopic (exact) mass is 358 g/mol. The van der Waals surface area contributed by atoms with Crippen molar-refractivity contribution in [2.24, 2.45) is 0 Å². The van der Waals surface area contributed by atoms with E-state index in [2.05, 4.69) is 26.1 Å². The Morgan fingerprint density at radius 3 is 2.57 bits per heavy atom. The van der Waals surface area contributed by atoms with Crippen LogP contribution in [0.2, 0.25) is 0 Å². The van der Waals surface area contributed by atoms with Gasteiger partial charge in [-0.1, -0.05) is 15.9 Å². The molecule has 0 saturated carbocycles. The highest BCUT2D eigenvalue weighted by molar-refractivity contribution is 9.10. The van der Waals surface area contributed by atoms with Crippen molar-refractivity contribution in [3.63, 3.8) is 0 Å². The highest BCUT2D eigenvalue weighted by Crippen LogP contribution is 2.31. The standard InChI is InChI=1S/C13H9BrF2N2O3/c1-5-6(2)17-18-12(10(5)13(19)20)21-9-4-7(14)3-8(15)11(9)16/h3-4H,1-2H3,(H,19,20). The zero-order valence-corrected chi connectivity index (χ0v) is 12.5. The lowest BCUT2D eigenvalue weighted by Gasteiger charge is -2.11. The van der Waals surface area contributed by atoms with E-state index < -0.39 is 29.2 Å². The number of aryl methyl sites for hydroxylation is 1. The molecule has 0 aliphatic heterocycles. The number of halogens is 3. The second-order valence-electron chi connectivity index (χ2n) is 4.20. The number of hydrogen-bond acceptors (Lipinski definition) is 4. The molecule has 0 bridgehead atoms. The molecule has 0 atom stereocenters. The van der Waals surface area contributed by atoms with Crippen LogP contribution in [-0.2, 0) is 0 Å². The summed E-state index contributed by atoms with van der Waals surface area (Å²) in [7, 11) is 0. The van der Waals surface area contributed by atoms with Gasteiger partial charge >= 0.3 is 5.97 Å². The van der Waals surface area contributed by atoms with E-state index in [0.717, 1.165) is 6.07 Å². The summed E-state index contributed by atoms with van der Waals surface area (Å²) < 4.78 is 32.3. The van der Waals surface area contributed by atoms with Crippen LogP contribution in [0.15, 0.2) is 16.6 Å². The van der Waals surface area contributed by atoms with Gasteiger partial charge in [-0.25, -0.2) is 9.18 Å². The highest BCUT2D eigenvalue weighted by Gasteiger charge is 2.21. The lowest BCUT2D eigenvalue weighted by Crippen LogP contribution is -2.09. The van der Waals surface area contributed by atoms with Crippen LogP contribution in [0, 0.1) is 25.5 Å². The van der Waals surface area contributed by atoms with Crippen molar-refractivity contribution in [3.8, 4) is 11.6 Å². The first-order valence-corrected chi connectivity index (χ1v) is 6.50. The SMILES string of the molecule is Cc1nnc(Oc2cc(Br)cc(F)c2F)c(C(=O)O)c1C. The fourth-order valence-corrected chi connectivity index (χ4v) is 2.03. The number of benzene rings is 1. The molecule has 0 spiro atoms. The smallest absolute Gasteiger partial charge is 0.341 e. The maximum absolute atomic E-state index is 13.7. The molecule has 2 aromatic rings. The van der Waals surface area contributed by atoms with Gasteiger partial charge < -0.3 is 9.84 Å². The molecule has 0 unspecified atom stereocenters. The van der Waals surface area contributed by atoms with Crippen LogP contribution in [0.4, 0.5) is 8.78 Å². The van der Waals surface area contributed by atoms with Crippen molar-refractivity contribution in [1.29, 1.82) is 0 Å². The Balaban J connectivity index is 2.55. The average molecular weight is 359 g/mol. The van der Waals surface area contributed by atoms with E-state index in [1.165, 1.54) is 13.0 Å². The summed E-state index contributed by atoms with van der Waals surface area (Å²) in [5.41, 5.74) is 0.492. The third kappa shape index (κ3) is 2.99. The fraction of sp³-hybridized carbons (Fsp3) is 0.154. The molecule has 0 radical (unpaired) electrons. The van der Waals surface area contributed by atoms with Gasteiger partial charge in [-0.3, -0.25) is 0 Å². The largest absolute Gasteiger partial charge is 0.477 e. The Hall–Kier alpha value is -2.09. The van der Waals surface area contributed by atoms with Gasteiger partial charge in [0.2, 0.25) is 5.82 Å². The quantitative estimate of drug-likeness (QED) is 0.848. The topological polar surface area (TPSA) is 72.3 Å². The molecular weight excluding hydrogens is 350 g/mol. The number of carbonyl (C=O) groups is 1. The predicted molar refractivity (Wildman–Crippen MR) is 72.6 cm³/mol. The lowest BCUT2D eigenvalue weighted by atomic mass is 10.1. The Morgan fingerprint density at radius 2 is 1.95 bits per heavy atom. The van der Waals surface area contributed by atoms with Crippen molar-refractivity contribution in [3.05, 3.63) is 45.1 Å². The summed E-state index contributed by atoms with van der Waals surface area (Å²) >= 11 is 3.00. The first-order valence-electron chi connectivity index (χ1n) is 5.70. The second-order valence-corrected chi connectivity index (χ2v) is 5.11. The third-order valence-electron chi connectivity index (χ3n) is 2.80. The lowest BCUT2D eigenvalue weighted by molar-refractivity contribution is 0.0691. The van der Waals surface area contributed by atoms with Crippen LogP contribution in [0.1, 0.15) is 21.6 Å². The van der Waals surface area contributed by atoms with Gasteiger partial charge in [0, 0.05) is 4.47 Å². The van der Waals surface area contributed by atoms with E-state index in [0.29, 0.717) is 11.3 Å². The van der Waals surface area contributed by atoms with Crippen molar-refractivity contribution in [2.45, 2.75) is 13.8 Å². The van der Waals surface area contributed by atoms with E-state index in [-0.39, 0.29) is 10.0 Å². The number of aromatic carboxylic acids is 1. The van der Waals surface area contributed by atoms with E-state index in [1.54, 1.807) is 6.92 Å². The Morgan fingerprint density at radius 1 is 1.29 bits per heavy atom. The number of ether oxygens (including phenoxy) is 1. The molecule has 1 aromatic heterocycles. The zero-order valence-electron chi connectivity index (χ0n) is 10.9. The predicted octanol–water partition coefficient (Wildman–Crippen LogP) is 3.62. The number of aromatic nitrogens is 2. The maximum atomic E-state index is 13.7. The zero-order chi connectivity index (χ0) is 15.7. The van der Waals surface area contributed by atoms with Gasteiger partial charge in [0.15, 0.2) is 11.6 Å². The van der Waals surface area contributed by atoms with Crippen molar-refractivity contribution in [1.82, 2.24) is 10.2 Å². The number of carboxylic acids is 1. The minimum Gasteiger partial charge on any atom is -0.477 e. The van der Waals surface area contributed by atoms with Gasteiger partial charge in [0.05, 0.1) is 5.69 Å². The number of nitrogens with zero attached hydrogens (tertiary/aromatic N) is 2. The molecule has 21 heavy (non-hydrogen) atoms. The Bertz CT molecular complexity index is 738. The van der Waals surface area contributed by atoms with Gasteiger partial charge in [-0.2, -0.15) is 9.49 Å². The van der Waals surface area contributed by atoms with Gasteiger partial charge in [-0.05, 0) is 31.5 Å². The summed E-state index contributed by atoms with van der Waals surface area (Å²) in [5.74, 6) is -4.55. The number of carboxylic acid groups (broad SMARTS) is 1. The molecule has 1 N–H and O–H groups in total. The third-order valence-corrected chi connectivity index (χ3v) is 3.26. The minimum atomic E-state index is -1.30. The van der Waals surface area contributed by atoms with Crippen LogP contribution < -0.4 is 4.74 Å². The van der Waals surface area contributed by atoms with Crippen molar-refractivity contribution < 1.29 is 23.4 Å². The van der Waals surface area contributed by atoms with Crippen molar-refractivity contribution >= 4 is 21.9 Å². The summed E-state index contributed by atoms with van der Waals surface area (Å²) in [6.45, 7) is 3.11. The summed E-state index contributed by atoms with van der Waals surface area (Å²) in [4.78, 5) is 11.3. The molecular formula is C13H9BrF2N2O3. The Labute approximate surface area is 126 Å². The second kappa shape index (κ2) is 5.72. The highest BCUT2D eigenvalue weighted by atomic mass is 79.9. The van der Waals surface area contributed by atoms with E-state index >= 15 is 0 Å². The van der Waals surface area contributed by atoms with E-state index in [9.17, 15) is 18.7 Å². The Kier molecular flexibility index (Phi) is 4.17. The molecule has 110 valence electrons. The van der Waals surface area contributed by atoms with Gasteiger partial charge in [0.1, 0.15) is 5.56 Å². The molecule has 0 aliphatic rings. The normalized spacial score (nSPS) is 10.5. The van der Waals surface area contributed by atoms with Crippen LogP contribution in [-0.4, -0.2) is 21.3 Å². The molecule has 0 saturated heterocycles. The number of hydrogen-bond donors (Lipinski definition) is 1. The number of rotatable bonds is 3. The first-order chi connectivity index (χ1) is 9.81. The fourth-order valence-electron chi connectivity index (χ4n) is 1.62. The molecule has 2 rings (SSSR count). The van der Waals surface area contributed by atoms with Gasteiger partial charge in [-0.15, -0.1) is 5.10 Å². The van der Waals surface area contributed by atoms with Crippen molar-refractivity contribution in [2.75, 3.05) is 0 Å². The van der Waals surface area contributed by atoms with Gasteiger partial charge in [0.25, 0.3) is 5.88 Å². The van der Waals surface area contributed by atoms with Crippen LogP contribution in [0.5, 0.6) is 11.6 Å². The summed E-state index contributed by atoms with van der Waals surface area (Å²) in [6.07, 6.45) is 0. The van der Waals surface area contributed by atoms with E-state index in [4.69, 9.17) is 4.74 Å². The van der Waals surface area contributed by atoms with E-state index in [1.807, 2.05) is 0 Å². The minimum absolute atomic E-state index is 0.241. The van der Waals surface area contributed by atoms with Crippen LogP contribution >= 0.6 is 15.9 Å².